The summed E-state index contributed by atoms with van der Waals surface area (Å²) in [5.41, 5.74) is -0.0888. The van der Waals surface area contributed by atoms with Crippen LogP contribution in [0.1, 0.15) is 40.0 Å². The average molecular weight is 266 g/mol. The monoisotopic (exact) mass is 266 g/mol. The summed E-state index contributed by atoms with van der Waals surface area (Å²) >= 11 is 2.05. The van der Waals surface area contributed by atoms with Gasteiger partial charge in [0.2, 0.25) is 0 Å². The maximum Gasteiger partial charge on any atom is 0.313 e. The van der Waals surface area contributed by atoms with Crippen molar-refractivity contribution in [1.82, 2.24) is 0 Å². The van der Waals surface area contributed by atoms with Gasteiger partial charge in [-0.1, -0.05) is 20.8 Å². The number of thioether (sulfide) groups is 1. The van der Waals surface area contributed by atoms with Gasteiger partial charge in [0.05, 0.1) is 10.7 Å². The number of ether oxygens (including phenoxy) is 1. The molecule has 0 amide bonds. The maximum atomic E-state index is 12.3. The van der Waals surface area contributed by atoms with Crippen molar-refractivity contribution in [2.75, 3.05) is 0 Å². The molecule has 4 unspecified atom stereocenters. The fourth-order valence-corrected chi connectivity index (χ4v) is 6.90. The van der Waals surface area contributed by atoms with Crippen LogP contribution in [0, 0.1) is 29.1 Å². The average Bonchev–Trinajstić information content (AvgIpc) is 2.71. The molecule has 0 spiro atoms. The number of carbonyl (C=O) groups is 1. The normalized spacial score (nSPS) is 60.2. The fourth-order valence-electron chi connectivity index (χ4n) is 4.70. The molecule has 3 aliphatic heterocycles. The highest BCUT2D eigenvalue weighted by atomic mass is 32.2. The minimum Gasteiger partial charge on any atom is -0.460 e. The molecule has 1 saturated carbocycles. The van der Waals surface area contributed by atoms with Gasteiger partial charge in [-0.05, 0) is 37.0 Å². The number of fused-ring (bicyclic) bond motifs is 1. The van der Waals surface area contributed by atoms with Crippen molar-refractivity contribution in [2.45, 2.75) is 56.6 Å². The summed E-state index contributed by atoms with van der Waals surface area (Å²) in [7, 11) is 0. The Kier molecular flexibility index (Phi) is 2.24. The van der Waals surface area contributed by atoms with Gasteiger partial charge in [-0.2, -0.15) is 0 Å². The quantitative estimate of drug-likeness (QED) is 0.734. The highest BCUT2D eigenvalue weighted by Gasteiger charge is 2.69. The van der Waals surface area contributed by atoms with Crippen molar-refractivity contribution in [3.8, 4) is 0 Å². The van der Waals surface area contributed by atoms with Crippen LogP contribution in [0.2, 0.25) is 0 Å². The zero-order chi connectivity index (χ0) is 12.7. The molecular weight excluding hydrogens is 244 g/mol. The van der Waals surface area contributed by atoms with E-state index in [2.05, 4.69) is 20.8 Å². The molecule has 2 bridgehead atoms. The molecule has 18 heavy (non-hydrogen) atoms. The van der Waals surface area contributed by atoms with Gasteiger partial charge in [0, 0.05) is 11.2 Å². The van der Waals surface area contributed by atoms with Gasteiger partial charge < -0.3 is 4.74 Å². The van der Waals surface area contributed by atoms with Crippen LogP contribution in [0.5, 0.6) is 0 Å². The van der Waals surface area contributed by atoms with Gasteiger partial charge in [0.1, 0.15) is 6.10 Å². The summed E-state index contributed by atoms with van der Waals surface area (Å²) < 4.78 is 5.70. The Morgan fingerprint density at radius 2 is 2.00 bits per heavy atom. The minimum atomic E-state index is -0.0888. The molecule has 0 aromatic rings. The lowest BCUT2D eigenvalue weighted by molar-refractivity contribution is -0.148. The van der Waals surface area contributed by atoms with Crippen LogP contribution >= 0.6 is 11.8 Å². The van der Waals surface area contributed by atoms with Crippen LogP contribution in [-0.4, -0.2) is 22.6 Å². The van der Waals surface area contributed by atoms with Crippen LogP contribution in [-0.2, 0) is 9.53 Å². The van der Waals surface area contributed by atoms with Crippen LogP contribution in [0.25, 0.3) is 0 Å². The van der Waals surface area contributed by atoms with Crippen molar-refractivity contribution in [2.24, 2.45) is 29.1 Å². The fraction of sp³-hybridized carbons (Fsp3) is 0.933. The van der Waals surface area contributed by atoms with Crippen molar-refractivity contribution < 1.29 is 9.53 Å². The summed E-state index contributed by atoms with van der Waals surface area (Å²) in [5.74, 6) is 3.34. The van der Waals surface area contributed by atoms with E-state index in [1.165, 1.54) is 6.42 Å². The smallest absolute Gasteiger partial charge is 0.313 e. The Bertz CT molecular complexity index is 401. The van der Waals surface area contributed by atoms with Gasteiger partial charge >= 0.3 is 5.97 Å². The first-order valence-corrected chi connectivity index (χ1v) is 8.35. The molecular formula is C15H22O2S. The van der Waals surface area contributed by atoms with Gasteiger partial charge in [0.15, 0.2) is 0 Å². The SMILES string of the molecule is C[C@@H]1C2C[C@@]3(CCC4[C@@H](C)[C@H]4C)C(=O)OC1C3S2. The summed E-state index contributed by atoms with van der Waals surface area (Å²) in [6.45, 7) is 6.96. The van der Waals surface area contributed by atoms with E-state index >= 15 is 0 Å². The largest absolute Gasteiger partial charge is 0.460 e. The van der Waals surface area contributed by atoms with Crippen molar-refractivity contribution in [1.29, 1.82) is 0 Å². The van der Waals surface area contributed by atoms with Crippen molar-refractivity contribution >= 4 is 17.7 Å². The predicted molar refractivity (Wildman–Crippen MR) is 72.3 cm³/mol. The molecule has 0 N–H and O–H groups in total. The third-order valence-electron chi connectivity index (χ3n) is 6.45. The number of rotatable bonds is 3. The molecule has 8 atom stereocenters. The van der Waals surface area contributed by atoms with Crippen LogP contribution < -0.4 is 0 Å². The highest BCUT2D eigenvalue weighted by Crippen LogP contribution is 2.66. The van der Waals surface area contributed by atoms with E-state index in [0.29, 0.717) is 16.4 Å². The molecule has 4 rings (SSSR count). The third kappa shape index (κ3) is 1.25. The molecule has 4 fully saturated rings. The number of esters is 1. The molecule has 100 valence electrons. The number of hydrogen-bond donors (Lipinski definition) is 0. The van der Waals surface area contributed by atoms with E-state index in [0.717, 1.165) is 30.6 Å². The van der Waals surface area contributed by atoms with Gasteiger partial charge in [-0.25, -0.2) is 0 Å². The second-order valence-corrected chi connectivity index (χ2v) is 8.49. The maximum absolute atomic E-state index is 12.3. The lowest BCUT2D eigenvalue weighted by Crippen LogP contribution is -2.39. The molecule has 0 radical (unpaired) electrons. The van der Waals surface area contributed by atoms with Gasteiger partial charge in [-0.15, -0.1) is 11.8 Å². The Morgan fingerprint density at radius 1 is 1.28 bits per heavy atom. The van der Waals surface area contributed by atoms with Crippen molar-refractivity contribution in [3.63, 3.8) is 0 Å². The molecule has 3 saturated heterocycles. The Labute approximate surface area is 113 Å². The molecule has 3 heteroatoms. The zero-order valence-electron chi connectivity index (χ0n) is 11.4. The minimum absolute atomic E-state index is 0.0888. The Balaban J connectivity index is 1.52. The Hall–Kier alpha value is -0.180. The topological polar surface area (TPSA) is 26.3 Å². The third-order valence-corrected chi connectivity index (χ3v) is 8.41. The van der Waals surface area contributed by atoms with E-state index in [1.54, 1.807) is 0 Å². The van der Waals surface area contributed by atoms with Crippen molar-refractivity contribution in [3.05, 3.63) is 0 Å². The van der Waals surface area contributed by atoms with E-state index in [9.17, 15) is 4.79 Å². The first-order chi connectivity index (χ1) is 8.54. The highest BCUT2D eigenvalue weighted by molar-refractivity contribution is 8.01. The van der Waals surface area contributed by atoms with Crippen LogP contribution in [0.15, 0.2) is 0 Å². The molecule has 3 heterocycles. The van der Waals surface area contributed by atoms with Crippen LogP contribution in [0.3, 0.4) is 0 Å². The zero-order valence-corrected chi connectivity index (χ0v) is 12.2. The predicted octanol–water partition coefficient (Wildman–Crippen LogP) is 3.10. The number of carbonyl (C=O) groups excluding carboxylic acids is 1. The second kappa shape index (κ2) is 3.47. The summed E-state index contributed by atoms with van der Waals surface area (Å²) in [6, 6.07) is 0. The van der Waals surface area contributed by atoms with Crippen LogP contribution in [0.4, 0.5) is 0 Å². The van der Waals surface area contributed by atoms with E-state index in [-0.39, 0.29) is 17.5 Å². The molecule has 4 aliphatic rings. The summed E-state index contributed by atoms with van der Waals surface area (Å²) in [6.07, 6.45) is 3.65. The van der Waals surface area contributed by atoms with Gasteiger partial charge in [-0.3, -0.25) is 4.79 Å². The Morgan fingerprint density at radius 3 is 2.61 bits per heavy atom. The lowest BCUT2D eigenvalue weighted by atomic mass is 9.69. The van der Waals surface area contributed by atoms with E-state index in [1.807, 2.05) is 11.8 Å². The first kappa shape index (κ1) is 11.6. The standard InChI is InChI=1S/C15H22O2S/c1-7-8(2)10(7)4-5-15-6-11-9(3)12(13(15)18-11)17-14(15)16/h7-13H,4-6H2,1-3H3/t7-,8+,9-,10?,11?,12?,13?,15-/m1/s1. The van der Waals surface area contributed by atoms with E-state index < -0.39 is 0 Å². The van der Waals surface area contributed by atoms with E-state index in [4.69, 9.17) is 4.74 Å². The first-order valence-electron chi connectivity index (χ1n) is 7.41. The molecule has 0 aromatic carbocycles. The van der Waals surface area contributed by atoms with Gasteiger partial charge in [0.25, 0.3) is 0 Å². The molecule has 1 aliphatic carbocycles. The number of hydrogen-bond acceptors (Lipinski definition) is 3. The summed E-state index contributed by atoms with van der Waals surface area (Å²) in [4.78, 5) is 12.3. The molecule has 2 nitrogen and oxygen atoms in total. The second-order valence-electron chi connectivity index (χ2n) is 7.11. The molecule has 0 aromatic heterocycles. The summed E-state index contributed by atoms with van der Waals surface area (Å²) in [5, 5.41) is 1.16. The lowest BCUT2D eigenvalue weighted by Gasteiger charge is -2.29.